The maximum atomic E-state index is 4.46. The third-order valence-corrected chi connectivity index (χ3v) is 4.31. The molecule has 4 aromatic rings. The van der Waals surface area contributed by atoms with Gasteiger partial charge in [0.25, 0.3) is 0 Å². The van der Waals surface area contributed by atoms with Gasteiger partial charge in [-0.25, -0.2) is 4.98 Å². The highest BCUT2D eigenvalue weighted by atomic mass is 15.3. The van der Waals surface area contributed by atoms with E-state index in [1.165, 1.54) is 11.1 Å². The van der Waals surface area contributed by atoms with E-state index >= 15 is 0 Å². The Labute approximate surface area is 146 Å². The van der Waals surface area contributed by atoms with E-state index in [0.29, 0.717) is 0 Å². The lowest BCUT2D eigenvalue weighted by molar-refractivity contribution is 0.659. The SMILES string of the molecule is CCn1cc(CNc2cccc(Cn3cnc4ccccc43)c2)cn1. The molecular formula is C20H21N5. The summed E-state index contributed by atoms with van der Waals surface area (Å²) in [6.07, 6.45) is 5.90. The van der Waals surface area contributed by atoms with Crippen molar-refractivity contribution in [2.75, 3.05) is 5.32 Å². The van der Waals surface area contributed by atoms with Crippen molar-refractivity contribution in [3.63, 3.8) is 0 Å². The third-order valence-electron chi connectivity index (χ3n) is 4.31. The molecule has 0 radical (unpaired) electrons. The number of fused-ring (bicyclic) bond motifs is 1. The molecule has 0 aliphatic heterocycles. The zero-order valence-electron chi connectivity index (χ0n) is 14.3. The molecule has 0 aliphatic carbocycles. The quantitative estimate of drug-likeness (QED) is 0.583. The van der Waals surface area contributed by atoms with Gasteiger partial charge in [-0.15, -0.1) is 0 Å². The molecule has 0 aliphatic rings. The molecule has 2 aromatic carbocycles. The molecule has 126 valence electrons. The second kappa shape index (κ2) is 6.81. The Morgan fingerprint density at radius 1 is 1.04 bits per heavy atom. The van der Waals surface area contributed by atoms with Crippen molar-refractivity contribution in [3.05, 3.63) is 78.4 Å². The number of rotatable bonds is 6. The lowest BCUT2D eigenvalue weighted by atomic mass is 10.2. The Morgan fingerprint density at radius 3 is 2.84 bits per heavy atom. The highest BCUT2D eigenvalue weighted by Gasteiger charge is 2.03. The van der Waals surface area contributed by atoms with Gasteiger partial charge in [0.2, 0.25) is 0 Å². The van der Waals surface area contributed by atoms with Crippen LogP contribution < -0.4 is 5.32 Å². The van der Waals surface area contributed by atoms with Gasteiger partial charge in [0.05, 0.1) is 23.6 Å². The van der Waals surface area contributed by atoms with Gasteiger partial charge in [-0.05, 0) is 36.8 Å². The number of aromatic nitrogens is 4. The van der Waals surface area contributed by atoms with Crippen LogP contribution in [0.5, 0.6) is 0 Å². The van der Waals surface area contributed by atoms with Gasteiger partial charge in [0.15, 0.2) is 0 Å². The fraction of sp³-hybridized carbons (Fsp3) is 0.200. The summed E-state index contributed by atoms with van der Waals surface area (Å²) in [6, 6.07) is 16.7. The van der Waals surface area contributed by atoms with Gasteiger partial charge in [0, 0.05) is 37.1 Å². The Balaban J connectivity index is 1.47. The van der Waals surface area contributed by atoms with E-state index in [1.807, 2.05) is 29.3 Å². The second-order valence-corrected chi connectivity index (χ2v) is 6.12. The van der Waals surface area contributed by atoms with Crippen LogP contribution in [0.2, 0.25) is 0 Å². The van der Waals surface area contributed by atoms with Crippen molar-refractivity contribution in [2.24, 2.45) is 0 Å². The number of hydrogen-bond donors (Lipinski definition) is 1. The fourth-order valence-electron chi connectivity index (χ4n) is 2.99. The molecule has 0 spiro atoms. The second-order valence-electron chi connectivity index (χ2n) is 6.12. The lowest BCUT2D eigenvalue weighted by Crippen LogP contribution is -2.01. The summed E-state index contributed by atoms with van der Waals surface area (Å²) in [5, 5.41) is 7.79. The molecule has 0 atom stereocenters. The standard InChI is InChI=1S/C20H21N5/c1-2-25-14-17(12-23-25)11-21-18-7-5-6-16(10-18)13-24-15-22-19-8-3-4-9-20(19)24/h3-10,12,14-15,21H,2,11,13H2,1H3. The summed E-state index contributed by atoms with van der Waals surface area (Å²) in [5.74, 6) is 0. The summed E-state index contributed by atoms with van der Waals surface area (Å²) in [7, 11) is 0. The van der Waals surface area contributed by atoms with Crippen molar-refractivity contribution in [3.8, 4) is 0 Å². The molecular weight excluding hydrogens is 310 g/mol. The normalized spacial score (nSPS) is 11.1. The van der Waals surface area contributed by atoms with Crippen molar-refractivity contribution < 1.29 is 0 Å². The van der Waals surface area contributed by atoms with Gasteiger partial charge < -0.3 is 9.88 Å². The van der Waals surface area contributed by atoms with Crippen LogP contribution >= 0.6 is 0 Å². The van der Waals surface area contributed by atoms with E-state index < -0.39 is 0 Å². The number of nitrogens with zero attached hydrogens (tertiary/aromatic N) is 4. The van der Waals surface area contributed by atoms with Gasteiger partial charge in [0.1, 0.15) is 0 Å². The van der Waals surface area contributed by atoms with Gasteiger partial charge in [-0.1, -0.05) is 24.3 Å². The molecule has 0 saturated heterocycles. The Hall–Kier alpha value is -3.08. The van der Waals surface area contributed by atoms with E-state index in [4.69, 9.17) is 0 Å². The molecule has 5 nitrogen and oxygen atoms in total. The highest BCUT2D eigenvalue weighted by Crippen LogP contribution is 2.17. The van der Waals surface area contributed by atoms with E-state index in [-0.39, 0.29) is 0 Å². The van der Waals surface area contributed by atoms with Crippen LogP contribution in [-0.2, 0) is 19.6 Å². The average Bonchev–Trinajstić information content (AvgIpc) is 3.28. The van der Waals surface area contributed by atoms with E-state index in [2.05, 4.69) is 69.5 Å². The molecule has 1 N–H and O–H groups in total. The van der Waals surface area contributed by atoms with Gasteiger partial charge in [-0.2, -0.15) is 5.10 Å². The number of para-hydroxylation sites is 2. The van der Waals surface area contributed by atoms with Crippen LogP contribution in [0.4, 0.5) is 5.69 Å². The molecule has 2 heterocycles. The first-order valence-electron chi connectivity index (χ1n) is 8.56. The number of benzene rings is 2. The number of aryl methyl sites for hydroxylation is 1. The summed E-state index contributed by atoms with van der Waals surface area (Å²) in [5.41, 5.74) is 5.74. The smallest absolute Gasteiger partial charge is 0.0961 e. The molecule has 4 rings (SSSR count). The highest BCUT2D eigenvalue weighted by molar-refractivity contribution is 5.75. The number of anilines is 1. The molecule has 0 fully saturated rings. The maximum absolute atomic E-state index is 4.46. The van der Waals surface area contributed by atoms with E-state index in [1.54, 1.807) is 0 Å². The zero-order chi connectivity index (χ0) is 17.1. The van der Waals surface area contributed by atoms with Gasteiger partial charge >= 0.3 is 0 Å². The van der Waals surface area contributed by atoms with Crippen LogP contribution in [0.15, 0.2) is 67.3 Å². The first-order chi connectivity index (χ1) is 12.3. The number of nitrogens with one attached hydrogen (secondary N) is 1. The Kier molecular flexibility index (Phi) is 4.21. The minimum Gasteiger partial charge on any atom is -0.381 e. The molecule has 2 aromatic heterocycles. The van der Waals surface area contributed by atoms with Crippen molar-refractivity contribution in [2.45, 2.75) is 26.6 Å². The Bertz CT molecular complexity index is 982. The van der Waals surface area contributed by atoms with Crippen molar-refractivity contribution in [1.82, 2.24) is 19.3 Å². The average molecular weight is 331 g/mol. The predicted molar refractivity (Wildman–Crippen MR) is 101 cm³/mol. The van der Waals surface area contributed by atoms with Crippen LogP contribution in [-0.4, -0.2) is 19.3 Å². The fourth-order valence-corrected chi connectivity index (χ4v) is 2.99. The summed E-state index contributed by atoms with van der Waals surface area (Å²) >= 11 is 0. The summed E-state index contributed by atoms with van der Waals surface area (Å²) < 4.78 is 4.12. The van der Waals surface area contributed by atoms with Crippen LogP contribution in [0, 0.1) is 0 Å². The molecule has 0 unspecified atom stereocenters. The first-order valence-corrected chi connectivity index (χ1v) is 8.56. The number of hydrogen-bond acceptors (Lipinski definition) is 3. The van der Waals surface area contributed by atoms with E-state index in [0.717, 1.165) is 36.4 Å². The zero-order valence-corrected chi connectivity index (χ0v) is 14.3. The first kappa shape index (κ1) is 15.4. The van der Waals surface area contributed by atoms with Crippen LogP contribution in [0.25, 0.3) is 11.0 Å². The predicted octanol–water partition coefficient (Wildman–Crippen LogP) is 3.91. The van der Waals surface area contributed by atoms with Crippen molar-refractivity contribution in [1.29, 1.82) is 0 Å². The van der Waals surface area contributed by atoms with Crippen LogP contribution in [0.1, 0.15) is 18.1 Å². The van der Waals surface area contributed by atoms with Crippen LogP contribution in [0.3, 0.4) is 0 Å². The molecule has 5 heteroatoms. The van der Waals surface area contributed by atoms with E-state index in [9.17, 15) is 0 Å². The largest absolute Gasteiger partial charge is 0.381 e. The lowest BCUT2D eigenvalue weighted by Gasteiger charge is -2.09. The van der Waals surface area contributed by atoms with Crippen molar-refractivity contribution >= 4 is 16.7 Å². The Morgan fingerprint density at radius 2 is 1.96 bits per heavy atom. The minimum absolute atomic E-state index is 0.775. The molecule has 0 saturated carbocycles. The molecule has 0 bridgehead atoms. The number of imidazole rings is 1. The molecule has 0 amide bonds. The monoisotopic (exact) mass is 331 g/mol. The summed E-state index contributed by atoms with van der Waals surface area (Å²) in [6.45, 7) is 4.57. The minimum atomic E-state index is 0.775. The molecule has 25 heavy (non-hydrogen) atoms. The van der Waals surface area contributed by atoms with Gasteiger partial charge in [-0.3, -0.25) is 4.68 Å². The third kappa shape index (κ3) is 3.40. The topological polar surface area (TPSA) is 47.7 Å². The maximum Gasteiger partial charge on any atom is 0.0961 e. The summed E-state index contributed by atoms with van der Waals surface area (Å²) in [4.78, 5) is 4.46.